The minimum absolute atomic E-state index is 0.0161. The molecule has 1 N–H and O–H groups in total. The number of aliphatic hydroxyl groups is 1. The number of amides is 1. The van der Waals surface area contributed by atoms with E-state index in [0.717, 1.165) is 75.2 Å². The quantitative estimate of drug-likeness (QED) is 0.440. The summed E-state index contributed by atoms with van der Waals surface area (Å²) < 4.78 is 12.9. The molecule has 1 amide bonds. The van der Waals surface area contributed by atoms with E-state index in [-0.39, 0.29) is 11.8 Å². The summed E-state index contributed by atoms with van der Waals surface area (Å²) in [5.41, 5.74) is 3.82. The van der Waals surface area contributed by atoms with Crippen molar-refractivity contribution >= 4 is 11.7 Å². The van der Waals surface area contributed by atoms with Crippen molar-refractivity contribution in [3.05, 3.63) is 70.9 Å². The lowest BCUT2D eigenvalue weighted by molar-refractivity contribution is 0.0575. The van der Waals surface area contributed by atoms with Gasteiger partial charge in [-0.05, 0) is 75.7 Å². The van der Waals surface area contributed by atoms with Gasteiger partial charge in [0, 0.05) is 36.8 Å². The number of methoxy groups -OCH3 is 2. The third kappa shape index (κ3) is 5.68. The SMILES string of the molecule is COc1cccc(C(O)C2CCN(CCN(C(=O)c3ccccc3)c3c4c(nn3C)CCCC4)CC2)c1OC. The van der Waals surface area contributed by atoms with Crippen molar-refractivity contribution in [2.45, 2.75) is 44.6 Å². The van der Waals surface area contributed by atoms with Gasteiger partial charge in [0.2, 0.25) is 0 Å². The van der Waals surface area contributed by atoms with Crippen LogP contribution < -0.4 is 14.4 Å². The first kappa shape index (κ1) is 27.2. The van der Waals surface area contributed by atoms with Crippen molar-refractivity contribution < 1.29 is 19.4 Å². The van der Waals surface area contributed by atoms with E-state index in [2.05, 4.69) is 4.90 Å². The lowest BCUT2D eigenvalue weighted by atomic mass is 9.87. The monoisotopic (exact) mass is 532 g/mol. The molecule has 8 heteroatoms. The number of carbonyl (C=O) groups excluding carboxylic acids is 1. The lowest BCUT2D eigenvalue weighted by Crippen LogP contribution is -2.43. The molecule has 1 aliphatic heterocycles. The van der Waals surface area contributed by atoms with Crippen molar-refractivity contribution in [1.29, 1.82) is 0 Å². The Hall–Kier alpha value is -3.36. The van der Waals surface area contributed by atoms with Gasteiger partial charge in [-0.15, -0.1) is 0 Å². The Morgan fingerprint density at radius 1 is 1.05 bits per heavy atom. The van der Waals surface area contributed by atoms with E-state index >= 15 is 0 Å². The number of aliphatic hydroxyl groups excluding tert-OH is 1. The molecule has 3 aromatic rings. The number of likely N-dealkylation sites (tertiary alicyclic amines) is 1. The first-order valence-electron chi connectivity index (χ1n) is 14.0. The van der Waals surface area contributed by atoms with E-state index in [1.54, 1.807) is 14.2 Å². The van der Waals surface area contributed by atoms with Crippen molar-refractivity contribution in [2.24, 2.45) is 13.0 Å². The normalized spacial score (nSPS) is 16.9. The van der Waals surface area contributed by atoms with Crippen LogP contribution in [0, 0.1) is 5.92 Å². The van der Waals surface area contributed by atoms with Crippen LogP contribution in [0.1, 0.15) is 59.0 Å². The van der Waals surface area contributed by atoms with Crippen LogP contribution >= 0.6 is 0 Å². The van der Waals surface area contributed by atoms with Crippen LogP contribution in [-0.2, 0) is 19.9 Å². The lowest BCUT2D eigenvalue weighted by Gasteiger charge is -2.36. The van der Waals surface area contributed by atoms with Crippen LogP contribution in [0.15, 0.2) is 48.5 Å². The predicted octanol–water partition coefficient (Wildman–Crippen LogP) is 4.41. The molecule has 0 spiro atoms. The standard InChI is InChI=1S/C31H40N4O4/c1-33-30(24-12-7-8-14-26(24)32-33)35(31(37)23-10-5-4-6-11-23)21-20-34-18-16-22(17-19-34)28(36)25-13-9-15-27(38-2)29(25)39-3/h4-6,9-11,13,15,22,28,36H,7-8,12,14,16-21H2,1-3H3. The number of nitrogens with zero attached hydrogens (tertiary/aromatic N) is 4. The molecule has 1 fully saturated rings. The van der Waals surface area contributed by atoms with Gasteiger partial charge in [-0.1, -0.05) is 30.3 Å². The molecule has 0 saturated carbocycles. The molecule has 0 radical (unpaired) electrons. The fourth-order valence-corrected chi connectivity index (χ4v) is 6.17. The highest BCUT2D eigenvalue weighted by molar-refractivity contribution is 6.06. The summed E-state index contributed by atoms with van der Waals surface area (Å²) in [7, 11) is 5.18. The zero-order valence-electron chi connectivity index (χ0n) is 23.3. The summed E-state index contributed by atoms with van der Waals surface area (Å²) in [5, 5.41) is 16.0. The minimum Gasteiger partial charge on any atom is -0.493 e. The Labute approximate surface area is 231 Å². The largest absolute Gasteiger partial charge is 0.493 e. The second kappa shape index (κ2) is 12.2. The highest BCUT2D eigenvalue weighted by Gasteiger charge is 2.31. The van der Waals surface area contributed by atoms with E-state index in [4.69, 9.17) is 14.6 Å². The van der Waals surface area contributed by atoms with Crippen LogP contribution in [0.4, 0.5) is 5.82 Å². The van der Waals surface area contributed by atoms with Crippen molar-refractivity contribution in [3.63, 3.8) is 0 Å². The Bertz CT molecular complexity index is 1270. The average Bonchev–Trinajstić information content (AvgIpc) is 3.32. The van der Waals surface area contributed by atoms with Gasteiger partial charge in [-0.25, -0.2) is 0 Å². The molecule has 1 unspecified atom stereocenters. The molecule has 5 rings (SSSR count). The van der Waals surface area contributed by atoms with Gasteiger partial charge < -0.3 is 19.5 Å². The minimum atomic E-state index is -0.616. The fraction of sp³-hybridized carbons (Fsp3) is 0.484. The van der Waals surface area contributed by atoms with Crippen molar-refractivity contribution in [3.8, 4) is 11.5 Å². The van der Waals surface area contributed by atoms with Crippen LogP contribution in [0.3, 0.4) is 0 Å². The maximum absolute atomic E-state index is 13.8. The first-order valence-corrected chi connectivity index (χ1v) is 14.0. The number of aromatic nitrogens is 2. The first-order chi connectivity index (χ1) is 19.0. The Morgan fingerprint density at radius 3 is 2.51 bits per heavy atom. The number of benzene rings is 2. The number of piperidine rings is 1. The third-order valence-electron chi connectivity index (χ3n) is 8.28. The molecule has 208 valence electrons. The van der Waals surface area contributed by atoms with Gasteiger partial charge in [0.25, 0.3) is 5.91 Å². The van der Waals surface area contributed by atoms with Gasteiger partial charge in [-0.2, -0.15) is 5.10 Å². The summed E-state index contributed by atoms with van der Waals surface area (Å²) in [6.07, 6.45) is 5.35. The van der Waals surface area contributed by atoms with Crippen LogP contribution in [0.5, 0.6) is 11.5 Å². The number of anilines is 1. The molecule has 39 heavy (non-hydrogen) atoms. The van der Waals surface area contributed by atoms with Gasteiger partial charge >= 0.3 is 0 Å². The number of fused-ring (bicyclic) bond motifs is 1. The Balaban J connectivity index is 1.28. The number of para-hydroxylation sites is 1. The number of aryl methyl sites for hydroxylation is 2. The van der Waals surface area contributed by atoms with Crippen molar-refractivity contribution in [1.82, 2.24) is 14.7 Å². The van der Waals surface area contributed by atoms with Crippen molar-refractivity contribution in [2.75, 3.05) is 45.3 Å². The highest BCUT2D eigenvalue weighted by Crippen LogP contribution is 2.40. The summed E-state index contributed by atoms with van der Waals surface area (Å²) in [6.45, 7) is 3.09. The van der Waals surface area contributed by atoms with Crippen LogP contribution in [0.25, 0.3) is 0 Å². The number of ether oxygens (including phenoxy) is 2. The summed E-state index contributed by atoms with van der Waals surface area (Å²) >= 11 is 0. The van der Waals surface area contributed by atoms with E-state index < -0.39 is 6.10 Å². The number of rotatable bonds is 9. The Morgan fingerprint density at radius 2 is 1.79 bits per heavy atom. The van der Waals surface area contributed by atoms with Crippen LogP contribution in [-0.4, -0.2) is 66.1 Å². The molecule has 1 aromatic heterocycles. The number of hydrogen-bond donors (Lipinski definition) is 1. The molecule has 2 aromatic carbocycles. The summed E-state index contributed by atoms with van der Waals surface area (Å²) in [4.78, 5) is 18.1. The van der Waals surface area contributed by atoms with Gasteiger partial charge in [-0.3, -0.25) is 14.4 Å². The number of carbonyl (C=O) groups is 1. The molecular weight excluding hydrogens is 492 g/mol. The fourth-order valence-electron chi connectivity index (χ4n) is 6.17. The molecule has 8 nitrogen and oxygen atoms in total. The Kier molecular flexibility index (Phi) is 8.53. The molecule has 2 heterocycles. The third-order valence-corrected chi connectivity index (χ3v) is 8.28. The summed E-state index contributed by atoms with van der Waals surface area (Å²) in [6, 6.07) is 15.2. The highest BCUT2D eigenvalue weighted by atomic mass is 16.5. The van der Waals surface area contributed by atoms with Gasteiger partial charge in [0.05, 0.1) is 26.0 Å². The molecule has 1 saturated heterocycles. The predicted molar refractivity (Wildman–Crippen MR) is 152 cm³/mol. The molecule has 1 atom stereocenters. The topological polar surface area (TPSA) is 80.1 Å². The average molecular weight is 533 g/mol. The zero-order chi connectivity index (χ0) is 27.4. The van der Waals surface area contributed by atoms with E-state index in [9.17, 15) is 9.90 Å². The second-order valence-electron chi connectivity index (χ2n) is 10.6. The molecule has 0 bridgehead atoms. The summed E-state index contributed by atoms with van der Waals surface area (Å²) in [5.74, 6) is 2.32. The smallest absolute Gasteiger partial charge is 0.259 e. The second-order valence-corrected chi connectivity index (χ2v) is 10.6. The molecular formula is C31H40N4O4. The molecule has 1 aliphatic carbocycles. The maximum Gasteiger partial charge on any atom is 0.259 e. The van der Waals surface area contributed by atoms with E-state index in [0.29, 0.717) is 23.6 Å². The number of hydrogen-bond acceptors (Lipinski definition) is 6. The zero-order valence-corrected chi connectivity index (χ0v) is 23.3. The maximum atomic E-state index is 13.8. The van der Waals surface area contributed by atoms with E-state index in [1.165, 1.54) is 5.56 Å². The van der Waals surface area contributed by atoms with Gasteiger partial charge in [0.15, 0.2) is 11.5 Å². The molecule has 2 aliphatic rings. The van der Waals surface area contributed by atoms with Crippen LogP contribution in [0.2, 0.25) is 0 Å². The van der Waals surface area contributed by atoms with Gasteiger partial charge in [0.1, 0.15) is 5.82 Å². The van der Waals surface area contributed by atoms with E-state index in [1.807, 2.05) is 65.2 Å².